The normalized spacial score (nSPS) is 17.1. The monoisotopic (exact) mass is 273 g/mol. The van der Waals surface area contributed by atoms with Crippen molar-refractivity contribution in [3.05, 3.63) is 48.0 Å². The highest BCUT2D eigenvalue weighted by molar-refractivity contribution is 5.99. The molecule has 0 spiro atoms. The lowest BCUT2D eigenvalue weighted by molar-refractivity contribution is -0.121. The summed E-state index contributed by atoms with van der Waals surface area (Å²) in [7, 11) is 0. The van der Waals surface area contributed by atoms with Gasteiger partial charge >= 0.3 is 0 Å². The minimum Gasteiger partial charge on any atom is -0.323 e. The zero-order valence-corrected chi connectivity index (χ0v) is 11.0. The second-order valence-electron chi connectivity index (χ2n) is 5.21. The van der Waals surface area contributed by atoms with E-state index in [2.05, 4.69) is 15.5 Å². The summed E-state index contributed by atoms with van der Waals surface area (Å²) >= 11 is 0. The number of benzene rings is 1. The van der Waals surface area contributed by atoms with Gasteiger partial charge in [0, 0.05) is 11.8 Å². The Hall–Kier alpha value is -2.17. The van der Waals surface area contributed by atoms with E-state index in [1.807, 2.05) is 0 Å². The first-order valence-electron chi connectivity index (χ1n) is 6.78. The highest BCUT2D eigenvalue weighted by Gasteiger charge is 2.44. The molecule has 1 heterocycles. The van der Waals surface area contributed by atoms with Crippen LogP contribution in [0.25, 0.3) is 0 Å². The van der Waals surface area contributed by atoms with E-state index >= 15 is 0 Å². The van der Waals surface area contributed by atoms with Crippen LogP contribution in [-0.4, -0.2) is 16.1 Å². The van der Waals surface area contributed by atoms with Crippen LogP contribution in [0.1, 0.15) is 31.2 Å². The summed E-state index contributed by atoms with van der Waals surface area (Å²) in [6.07, 6.45) is 6.39. The highest BCUT2D eigenvalue weighted by atomic mass is 19.1. The molecule has 1 aromatic carbocycles. The number of H-pyrrole nitrogens is 1. The molecule has 0 aliphatic heterocycles. The summed E-state index contributed by atoms with van der Waals surface area (Å²) in [5, 5.41) is 9.28. The topological polar surface area (TPSA) is 57.8 Å². The average molecular weight is 273 g/mol. The van der Waals surface area contributed by atoms with E-state index in [0.717, 1.165) is 12.8 Å². The molecule has 2 aromatic rings. The number of carbonyl (C=O) groups excluding carboxylic acids is 1. The molecule has 1 aliphatic rings. The number of hydrogen-bond donors (Lipinski definition) is 2. The fourth-order valence-corrected chi connectivity index (χ4v) is 3.02. The van der Waals surface area contributed by atoms with Gasteiger partial charge < -0.3 is 5.32 Å². The third-order valence-electron chi connectivity index (χ3n) is 4.04. The van der Waals surface area contributed by atoms with Gasteiger partial charge in [-0.1, -0.05) is 31.0 Å². The maximum Gasteiger partial charge on any atom is 0.235 e. The molecule has 1 amide bonds. The number of nitrogens with zero attached hydrogens (tertiary/aromatic N) is 1. The van der Waals surface area contributed by atoms with Gasteiger partial charge in [-0.15, -0.1) is 0 Å². The van der Waals surface area contributed by atoms with Crippen molar-refractivity contribution >= 4 is 11.6 Å². The Labute approximate surface area is 116 Å². The molecule has 0 bridgehead atoms. The van der Waals surface area contributed by atoms with Crippen LogP contribution in [0.3, 0.4) is 0 Å². The van der Waals surface area contributed by atoms with E-state index in [1.165, 1.54) is 6.07 Å². The first-order chi connectivity index (χ1) is 9.72. The highest BCUT2D eigenvalue weighted by Crippen LogP contribution is 2.42. The van der Waals surface area contributed by atoms with Crippen LogP contribution in [-0.2, 0) is 10.2 Å². The molecule has 5 heteroatoms. The molecule has 1 fully saturated rings. The van der Waals surface area contributed by atoms with Gasteiger partial charge in [-0.25, -0.2) is 4.39 Å². The molecule has 20 heavy (non-hydrogen) atoms. The van der Waals surface area contributed by atoms with Gasteiger partial charge in [-0.3, -0.25) is 9.89 Å². The molecule has 0 radical (unpaired) electrons. The number of aromatic nitrogens is 2. The molecular formula is C15H16FN3O. The van der Waals surface area contributed by atoms with Crippen LogP contribution in [0.15, 0.2) is 36.7 Å². The molecular weight excluding hydrogens is 257 g/mol. The summed E-state index contributed by atoms with van der Waals surface area (Å²) in [5.41, 5.74) is 0.346. The van der Waals surface area contributed by atoms with Crippen molar-refractivity contribution in [2.24, 2.45) is 0 Å². The number of amides is 1. The maximum atomic E-state index is 14.1. The third kappa shape index (κ3) is 2.09. The lowest BCUT2D eigenvalue weighted by Crippen LogP contribution is -2.38. The van der Waals surface area contributed by atoms with Gasteiger partial charge in [-0.05, 0) is 18.9 Å². The summed E-state index contributed by atoms with van der Waals surface area (Å²) in [4.78, 5) is 12.7. The molecule has 4 nitrogen and oxygen atoms in total. The van der Waals surface area contributed by atoms with Crippen molar-refractivity contribution in [2.75, 3.05) is 5.32 Å². The van der Waals surface area contributed by atoms with Crippen LogP contribution >= 0.6 is 0 Å². The SMILES string of the molecule is O=C(Nc1cn[nH]c1)C1(c2ccccc2F)CCCC1. The van der Waals surface area contributed by atoms with Crippen LogP contribution in [0.5, 0.6) is 0 Å². The Morgan fingerprint density at radius 3 is 2.70 bits per heavy atom. The standard InChI is InChI=1S/C15H16FN3O/c16-13-6-2-1-5-12(13)15(7-3-4-8-15)14(20)19-11-9-17-18-10-11/h1-2,5-6,9-10H,3-4,7-8H2,(H,17,18)(H,19,20). The van der Waals surface area contributed by atoms with Crippen LogP contribution in [0.4, 0.5) is 10.1 Å². The van der Waals surface area contributed by atoms with E-state index < -0.39 is 5.41 Å². The Bertz CT molecular complexity index is 603. The quantitative estimate of drug-likeness (QED) is 0.903. The Morgan fingerprint density at radius 2 is 2.05 bits per heavy atom. The van der Waals surface area contributed by atoms with E-state index in [0.29, 0.717) is 24.1 Å². The minimum atomic E-state index is -0.761. The first-order valence-corrected chi connectivity index (χ1v) is 6.78. The Morgan fingerprint density at radius 1 is 1.30 bits per heavy atom. The molecule has 0 unspecified atom stereocenters. The maximum absolute atomic E-state index is 14.1. The Balaban J connectivity index is 1.96. The number of carbonyl (C=O) groups is 1. The van der Waals surface area contributed by atoms with Crippen molar-refractivity contribution in [1.82, 2.24) is 10.2 Å². The number of hydrogen-bond acceptors (Lipinski definition) is 2. The molecule has 3 rings (SSSR count). The van der Waals surface area contributed by atoms with Crippen LogP contribution in [0, 0.1) is 5.82 Å². The second-order valence-corrected chi connectivity index (χ2v) is 5.21. The molecule has 0 saturated heterocycles. The number of nitrogens with one attached hydrogen (secondary N) is 2. The number of anilines is 1. The van der Waals surface area contributed by atoms with E-state index in [9.17, 15) is 9.18 Å². The number of halogens is 1. The fourth-order valence-electron chi connectivity index (χ4n) is 3.02. The lowest BCUT2D eigenvalue weighted by atomic mass is 9.77. The lowest BCUT2D eigenvalue weighted by Gasteiger charge is -2.28. The van der Waals surface area contributed by atoms with E-state index in [4.69, 9.17) is 0 Å². The molecule has 104 valence electrons. The van der Waals surface area contributed by atoms with E-state index in [-0.39, 0.29) is 11.7 Å². The summed E-state index contributed by atoms with van der Waals surface area (Å²) in [6.45, 7) is 0. The summed E-state index contributed by atoms with van der Waals surface area (Å²) in [5.74, 6) is -0.460. The number of rotatable bonds is 3. The van der Waals surface area contributed by atoms with Gasteiger partial charge in [0.1, 0.15) is 5.82 Å². The van der Waals surface area contributed by atoms with Crippen molar-refractivity contribution in [2.45, 2.75) is 31.1 Å². The third-order valence-corrected chi connectivity index (χ3v) is 4.04. The molecule has 1 aromatic heterocycles. The fraction of sp³-hybridized carbons (Fsp3) is 0.333. The zero-order valence-electron chi connectivity index (χ0n) is 11.0. The van der Waals surface area contributed by atoms with Crippen LogP contribution < -0.4 is 5.32 Å². The Kier molecular flexibility index (Phi) is 3.26. The van der Waals surface area contributed by atoms with Crippen molar-refractivity contribution < 1.29 is 9.18 Å². The molecule has 0 atom stereocenters. The van der Waals surface area contributed by atoms with Crippen molar-refractivity contribution in [1.29, 1.82) is 0 Å². The average Bonchev–Trinajstić information content (AvgIpc) is 3.10. The predicted octanol–water partition coefficient (Wildman–Crippen LogP) is 3.00. The number of aromatic amines is 1. The van der Waals surface area contributed by atoms with Crippen LogP contribution in [0.2, 0.25) is 0 Å². The smallest absolute Gasteiger partial charge is 0.235 e. The molecule has 1 saturated carbocycles. The second kappa shape index (κ2) is 5.07. The molecule has 2 N–H and O–H groups in total. The summed E-state index contributed by atoms with van der Waals surface area (Å²) in [6, 6.07) is 6.56. The van der Waals surface area contributed by atoms with Gasteiger partial charge in [-0.2, -0.15) is 5.10 Å². The van der Waals surface area contributed by atoms with E-state index in [1.54, 1.807) is 30.6 Å². The minimum absolute atomic E-state index is 0.151. The first kappa shape index (κ1) is 12.8. The largest absolute Gasteiger partial charge is 0.323 e. The van der Waals surface area contributed by atoms with Gasteiger partial charge in [0.25, 0.3) is 0 Å². The van der Waals surface area contributed by atoms with Crippen molar-refractivity contribution in [3.63, 3.8) is 0 Å². The molecule has 1 aliphatic carbocycles. The van der Waals surface area contributed by atoms with Gasteiger partial charge in [0.2, 0.25) is 5.91 Å². The van der Waals surface area contributed by atoms with Gasteiger partial charge in [0.15, 0.2) is 0 Å². The van der Waals surface area contributed by atoms with Crippen molar-refractivity contribution in [3.8, 4) is 0 Å². The predicted molar refractivity (Wildman–Crippen MR) is 73.8 cm³/mol. The zero-order chi connectivity index (χ0) is 14.0. The van der Waals surface area contributed by atoms with Gasteiger partial charge in [0.05, 0.1) is 17.3 Å². The summed E-state index contributed by atoms with van der Waals surface area (Å²) < 4.78 is 14.1.